The molecule has 3 heteroatoms. The van der Waals surface area contributed by atoms with Gasteiger partial charge in [0.25, 0.3) is 0 Å². The first kappa shape index (κ1) is 12.5. The second-order valence-corrected chi connectivity index (χ2v) is 4.99. The van der Waals surface area contributed by atoms with Gasteiger partial charge in [-0.2, -0.15) is 0 Å². The van der Waals surface area contributed by atoms with Crippen LogP contribution in [0.3, 0.4) is 0 Å². The smallest absolute Gasteiger partial charge is 0.323 e. The quantitative estimate of drug-likeness (QED) is 0.730. The monoisotopic (exact) mass is 213 g/mol. The van der Waals surface area contributed by atoms with E-state index in [1.807, 2.05) is 6.92 Å². The van der Waals surface area contributed by atoms with Crippen molar-refractivity contribution in [2.24, 2.45) is 17.6 Å². The molecule has 1 aliphatic rings. The average molecular weight is 213 g/mol. The van der Waals surface area contributed by atoms with Gasteiger partial charge in [0.1, 0.15) is 12.1 Å². The van der Waals surface area contributed by atoms with E-state index in [1.54, 1.807) is 0 Å². The minimum absolute atomic E-state index is 0.0915. The average Bonchev–Trinajstić information content (AvgIpc) is 2.14. The zero-order valence-corrected chi connectivity index (χ0v) is 10.0. The van der Waals surface area contributed by atoms with Gasteiger partial charge < -0.3 is 10.5 Å². The van der Waals surface area contributed by atoms with Crippen molar-refractivity contribution in [3.63, 3.8) is 0 Å². The summed E-state index contributed by atoms with van der Waals surface area (Å²) < 4.78 is 5.42. The summed E-state index contributed by atoms with van der Waals surface area (Å²) in [5.41, 5.74) is 5.63. The summed E-state index contributed by atoms with van der Waals surface area (Å²) in [5, 5.41) is 0. The fraction of sp³-hybridized carbons (Fsp3) is 0.917. The molecule has 0 spiro atoms. The Morgan fingerprint density at radius 2 is 1.87 bits per heavy atom. The van der Waals surface area contributed by atoms with Crippen LogP contribution in [0.4, 0.5) is 0 Å². The molecule has 88 valence electrons. The molecule has 0 amide bonds. The molecule has 2 unspecified atom stereocenters. The number of hydrogen-bond donors (Lipinski definition) is 1. The summed E-state index contributed by atoms with van der Waals surface area (Å²) in [4.78, 5) is 11.5. The van der Waals surface area contributed by atoms with Gasteiger partial charge in [-0.25, -0.2) is 0 Å². The molecule has 0 radical (unpaired) electrons. The molecule has 1 fully saturated rings. The highest BCUT2D eigenvalue weighted by atomic mass is 16.5. The topological polar surface area (TPSA) is 52.3 Å². The first-order chi connectivity index (χ1) is 7.02. The summed E-state index contributed by atoms with van der Waals surface area (Å²) in [6.07, 6.45) is 3.97. The van der Waals surface area contributed by atoms with Crippen LogP contribution in [0, 0.1) is 11.8 Å². The fourth-order valence-corrected chi connectivity index (χ4v) is 2.39. The highest BCUT2D eigenvalue weighted by Crippen LogP contribution is 2.30. The molecule has 3 atom stereocenters. The Morgan fingerprint density at radius 3 is 2.33 bits per heavy atom. The molecule has 2 N–H and O–H groups in total. The maximum Gasteiger partial charge on any atom is 0.323 e. The van der Waals surface area contributed by atoms with Gasteiger partial charge in [0.15, 0.2) is 0 Å². The predicted molar refractivity (Wildman–Crippen MR) is 60.3 cm³/mol. The van der Waals surface area contributed by atoms with Gasteiger partial charge in [-0.05, 0) is 37.5 Å². The van der Waals surface area contributed by atoms with Gasteiger partial charge in [0, 0.05) is 0 Å². The molecule has 0 bridgehead atoms. The largest absolute Gasteiger partial charge is 0.461 e. The normalized spacial score (nSPS) is 33.5. The van der Waals surface area contributed by atoms with Gasteiger partial charge in [-0.1, -0.05) is 20.8 Å². The molecule has 3 nitrogen and oxygen atoms in total. The molecule has 1 saturated carbocycles. The lowest BCUT2D eigenvalue weighted by atomic mass is 9.82. The number of rotatable bonds is 3. The van der Waals surface area contributed by atoms with E-state index >= 15 is 0 Å². The second-order valence-electron chi connectivity index (χ2n) is 4.99. The van der Waals surface area contributed by atoms with Gasteiger partial charge in [-0.3, -0.25) is 4.79 Å². The van der Waals surface area contributed by atoms with E-state index in [-0.39, 0.29) is 12.1 Å². The van der Waals surface area contributed by atoms with Crippen molar-refractivity contribution in [2.45, 2.75) is 58.6 Å². The van der Waals surface area contributed by atoms with Gasteiger partial charge in [0.05, 0.1) is 0 Å². The number of carbonyl (C=O) groups is 1. The van der Waals surface area contributed by atoms with Crippen molar-refractivity contribution >= 4 is 5.97 Å². The summed E-state index contributed by atoms with van der Waals surface area (Å²) >= 11 is 0. The predicted octanol–water partition coefficient (Wildman–Crippen LogP) is 2.09. The number of carbonyl (C=O) groups excluding carboxylic acids is 1. The van der Waals surface area contributed by atoms with Crippen molar-refractivity contribution in [3.05, 3.63) is 0 Å². The molecule has 0 aliphatic heterocycles. The molecule has 0 aromatic heterocycles. The van der Waals surface area contributed by atoms with Crippen LogP contribution in [-0.4, -0.2) is 18.1 Å². The third kappa shape index (κ3) is 3.82. The summed E-state index contributed by atoms with van der Waals surface area (Å²) in [5.74, 6) is 1.08. The molecule has 0 saturated heterocycles. The van der Waals surface area contributed by atoms with Gasteiger partial charge in [0.2, 0.25) is 0 Å². The second kappa shape index (κ2) is 5.50. The lowest BCUT2D eigenvalue weighted by Crippen LogP contribution is -2.36. The molecular formula is C12H23NO2. The van der Waals surface area contributed by atoms with E-state index in [1.165, 1.54) is 6.42 Å². The van der Waals surface area contributed by atoms with Crippen LogP contribution in [0.5, 0.6) is 0 Å². The van der Waals surface area contributed by atoms with E-state index in [4.69, 9.17) is 10.5 Å². The summed E-state index contributed by atoms with van der Waals surface area (Å²) in [7, 11) is 0. The zero-order chi connectivity index (χ0) is 11.4. The number of hydrogen-bond acceptors (Lipinski definition) is 3. The Morgan fingerprint density at radius 1 is 1.33 bits per heavy atom. The maximum atomic E-state index is 11.5. The zero-order valence-electron chi connectivity index (χ0n) is 10.0. The lowest BCUT2D eigenvalue weighted by Gasteiger charge is -2.31. The standard InChI is InChI=1S/C12H23NO2/c1-4-11(13)12(14)15-10-6-8(2)5-9(3)7-10/h8-11H,4-7,13H2,1-3H3/t8?,9?,10?,11-/m1/s1. The Kier molecular flexibility index (Phi) is 4.58. The van der Waals surface area contributed by atoms with E-state index < -0.39 is 6.04 Å². The SMILES string of the molecule is CC[C@@H](N)C(=O)OC1CC(C)CC(C)C1. The number of ether oxygens (including phenoxy) is 1. The van der Waals surface area contributed by atoms with E-state index in [0.29, 0.717) is 18.3 Å². The Hall–Kier alpha value is -0.570. The first-order valence-corrected chi connectivity index (χ1v) is 5.99. The highest BCUT2D eigenvalue weighted by molar-refractivity contribution is 5.75. The molecule has 0 aromatic carbocycles. The molecule has 15 heavy (non-hydrogen) atoms. The van der Waals surface area contributed by atoms with E-state index in [0.717, 1.165) is 12.8 Å². The Balaban J connectivity index is 2.40. The van der Waals surface area contributed by atoms with Crippen LogP contribution >= 0.6 is 0 Å². The van der Waals surface area contributed by atoms with Crippen molar-refractivity contribution in [1.29, 1.82) is 0 Å². The van der Waals surface area contributed by atoms with Crippen LogP contribution < -0.4 is 5.73 Å². The van der Waals surface area contributed by atoms with E-state index in [9.17, 15) is 4.79 Å². The van der Waals surface area contributed by atoms with Crippen LogP contribution in [-0.2, 0) is 9.53 Å². The van der Waals surface area contributed by atoms with Crippen molar-refractivity contribution in [1.82, 2.24) is 0 Å². The highest BCUT2D eigenvalue weighted by Gasteiger charge is 2.27. The van der Waals surface area contributed by atoms with Crippen molar-refractivity contribution < 1.29 is 9.53 Å². The maximum absolute atomic E-state index is 11.5. The number of esters is 1. The minimum atomic E-state index is -0.447. The van der Waals surface area contributed by atoms with E-state index in [2.05, 4.69) is 13.8 Å². The van der Waals surface area contributed by atoms with Crippen LogP contribution in [0.2, 0.25) is 0 Å². The third-order valence-corrected chi connectivity index (χ3v) is 3.16. The van der Waals surface area contributed by atoms with Crippen LogP contribution in [0.15, 0.2) is 0 Å². The summed E-state index contributed by atoms with van der Waals surface area (Å²) in [6, 6.07) is -0.447. The lowest BCUT2D eigenvalue weighted by molar-refractivity contribution is -0.153. The fourth-order valence-electron chi connectivity index (χ4n) is 2.39. The number of nitrogens with two attached hydrogens (primary N) is 1. The summed E-state index contributed by atoms with van der Waals surface area (Å²) in [6.45, 7) is 6.34. The molecule has 0 aromatic rings. The van der Waals surface area contributed by atoms with Crippen LogP contribution in [0.25, 0.3) is 0 Å². The molecule has 0 heterocycles. The van der Waals surface area contributed by atoms with Gasteiger partial charge >= 0.3 is 5.97 Å². The van der Waals surface area contributed by atoms with Crippen molar-refractivity contribution in [3.8, 4) is 0 Å². The van der Waals surface area contributed by atoms with Crippen molar-refractivity contribution in [2.75, 3.05) is 0 Å². The van der Waals surface area contributed by atoms with Crippen LogP contribution in [0.1, 0.15) is 46.5 Å². The molecule has 1 rings (SSSR count). The molecule has 1 aliphatic carbocycles. The molecular weight excluding hydrogens is 190 g/mol. The minimum Gasteiger partial charge on any atom is -0.461 e. The Bertz CT molecular complexity index is 208. The Labute approximate surface area is 92.4 Å². The first-order valence-electron chi connectivity index (χ1n) is 5.99. The third-order valence-electron chi connectivity index (χ3n) is 3.16. The van der Waals surface area contributed by atoms with Gasteiger partial charge in [-0.15, -0.1) is 0 Å².